The third-order valence-electron chi connectivity index (χ3n) is 6.93. The van der Waals surface area contributed by atoms with Crippen molar-refractivity contribution in [3.63, 3.8) is 0 Å². The molecular weight excluding hydrogens is 436 g/mol. The van der Waals surface area contributed by atoms with E-state index in [1.807, 2.05) is 26.0 Å². The molecule has 2 aromatic rings. The molecule has 1 atom stereocenters. The molecule has 1 unspecified atom stereocenters. The molecule has 32 heavy (non-hydrogen) atoms. The number of aliphatic hydroxyl groups is 1. The molecular formula is C24H30ClF2N3O2. The molecule has 8 heteroatoms. The van der Waals surface area contributed by atoms with Crippen LogP contribution in [0.25, 0.3) is 10.9 Å². The summed E-state index contributed by atoms with van der Waals surface area (Å²) in [6, 6.07) is 7.20. The van der Waals surface area contributed by atoms with Crippen LogP contribution in [0, 0.1) is 11.8 Å². The van der Waals surface area contributed by atoms with Crippen LogP contribution in [0.3, 0.4) is 0 Å². The lowest BCUT2D eigenvalue weighted by atomic mass is 9.87. The highest BCUT2D eigenvalue weighted by molar-refractivity contribution is 6.35. The summed E-state index contributed by atoms with van der Waals surface area (Å²) < 4.78 is 26.7. The van der Waals surface area contributed by atoms with E-state index < -0.39 is 11.5 Å². The van der Waals surface area contributed by atoms with Crippen molar-refractivity contribution < 1.29 is 18.7 Å². The van der Waals surface area contributed by atoms with Crippen LogP contribution >= 0.6 is 11.6 Å². The normalized spacial score (nSPS) is 21.8. The number of anilines is 1. The molecule has 4 rings (SSSR count). The first-order valence-electron chi connectivity index (χ1n) is 11.3. The fraction of sp³-hybridized carbons (Fsp3) is 0.583. The highest BCUT2D eigenvalue weighted by Crippen LogP contribution is 2.36. The fourth-order valence-corrected chi connectivity index (χ4v) is 5.00. The van der Waals surface area contributed by atoms with E-state index in [1.165, 1.54) is 0 Å². The van der Waals surface area contributed by atoms with Gasteiger partial charge in [-0.25, -0.2) is 13.8 Å². The fourth-order valence-electron chi connectivity index (χ4n) is 4.75. The second-order valence-corrected chi connectivity index (χ2v) is 10.2. The number of benzene rings is 1. The summed E-state index contributed by atoms with van der Waals surface area (Å²) in [6.45, 7) is 5.57. The Morgan fingerprint density at radius 3 is 2.62 bits per heavy atom. The van der Waals surface area contributed by atoms with Crippen molar-refractivity contribution in [3.8, 4) is 0 Å². The van der Waals surface area contributed by atoms with Crippen molar-refractivity contribution in [2.45, 2.75) is 57.5 Å². The molecule has 174 valence electrons. The van der Waals surface area contributed by atoms with Gasteiger partial charge in [0.15, 0.2) is 0 Å². The Kier molecular flexibility index (Phi) is 6.34. The molecule has 1 aliphatic carbocycles. The Morgan fingerprint density at radius 2 is 1.97 bits per heavy atom. The van der Waals surface area contributed by atoms with Gasteiger partial charge in [0.1, 0.15) is 5.82 Å². The Hall–Kier alpha value is -1.99. The van der Waals surface area contributed by atoms with Crippen LogP contribution in [0.5, 0.6) is 0 Å². The zero-order chi connectivity index (χ0) is 23.1. The summed E-state index contributed by atoms with van der Waals surface area (Å²) >= 11 is 6.37. The molecule has 1 saturated carbocycles. The predicted octanol–water partition coefficient (Wildman–Crippen LogP) is 5.04. The maximum atomic E-state index is 13.4. The van der Waals surface area contributed by atoms with Gasteiger partial charge in [0.2, 0.25) is 5.92 Å². The van der Waals surface area contributed by atoms with Crippen LogP contribution in [-0.4, -0.2) is 47.2 Å². The zero-order valence-corrected chi connectivity index (χ0v) is 19.3. The SMILES string of the molecule is CC(C)(O)C1CCN(c2ccc3c(C(=O)NCC4CCC(F)(F)CC4)c(Cl)ccc3n2)C1. The molecule has 2 aliphatic rings. The van der Waals surface area contributed by atoms with E-state index in [9.17, 15) is 18.7 Å². The second-order valence-electron chi connectivity index (χ2n) is 9.75. The van der Waals surface area contributed by atoms with Crippen molar-refractivity contribution in [1.82, 2.24) is 10.3 Å². The highest BCUT2D eigenvalue weighted by Gasteiger charge is 2.35. The van der Waals surface area contributed by atoms with Gasteiger partial charge in [-0.3, -0.25) is 4.79 Å². The minimum absolute atomic E-state index is 0.0518. The standard InChI is InChI=1S/C24H30ClF2N3O2/c1-23(2,32)16-9-12-30(14-16)20-6-3-17-19(29-20)5-4-18(25)21(17)22(31)28-13-15-7-10-24(26,27)11-8-15/h3-6,15-16,32H,7-14H2,1-2H3,(H,28,31). The van der Waals surface area contributed by atoms with Crippen LogP contribution in [0.15, 0.2) is 24.3 Å². The van der Waals surface area contributed by atoms with Gasteiger partial charge in [-0.05, 0) is 63.3 Å². The molecule has 0 radical (unpaired) electrons. The molecule has 1 aromatic heterocycles. The van der Waals surface area contributed by atoms with Crippen molar-refractivity contribution >= 4 is 34.2 Å². The van der Waals surface area contributed by atoms with Gasteiger partial charge in [-0.15, -0.1) is 0 Å². The number of alkyl halides is 2. The number of nitrogens with one attached hydrogen (secondary N) is 1. The van der Waals surface area contributed by atoms with E-state index in [0.29, 0.717) is 40.9 Å². The Morgan fingerprint density at radius 1 is 1.25 bits per heavy atom. The lowest BCUT2D eigenvalue weighted by Crippen LogP contribution is -2.34. The van der Waals surface area contributed by atoms with Gasteiger partial charge >= 0.3 is 0 Å². The van der Waals surface area contributed by atoms with Gasteiger partial charge in [0.05, 0.1) is 21.7 Å². The van der Waals surface area contributed by atoms with E-state index in [-0.39, 0.29) is 30.6 Å². The number of hydrogen-bond acceptors (Lipinski definition) is 4. The summed E-state index contributed by atoms with van der Waals surface area (Å²) in [5, 5.41) is 14.2. The van der Waals surface area contributed by atoms with Crippen LogP contribution < -0.4 is 10.2 Å². The molecule has 2 fully saturated rings. The number of carbonyl (C=O) groups is 1. The van der Waals surface area contributed by atoms with Crippen LogP contribution in [-0.2, 0) is 0 Å². The number of fused-ring (bicyclic) bond motifs is 1. The van der Waals surface area contributed by atoms with Gasteiger partial charge in [-0.1, -0.05) is 11.6 Å². The summed E-state index contributed by atoms with van der Waals surface area (Å²) in [6.07, 6.45) is 1.45. The van der Waals surface area contributed by atoms with E-state index in [0.717, 1.165) is 25.3 Å². The Labute approximate surface area is 192 Å². The molecule has 5 nitrogen and oxygen atoms in total. The first-order chi connectivity index (χ1) is 15.0. The molecule has 1 aliphatic heterocycles. The van der Waals surface area contributed by atoms with Crippen molar-refractivity contribution in [1.29, 1.82) is 0 Å². The summed E-state index contributed by atoms with van der Waals surface area (Å²) in [5.74, 6) is -1.86. The Bertz CT molecular complexity index is 999. The van der Waals surface area contributed by atoms with Crippen LogP contribution in [0.1, 0.15) is 56.3 Å². The lowest BCUT2D eigenvalue weighted by Gasteiger charge is -2.28. The number of halogens is 3. The minimum Gasteiger partial charge on any atom is -0.390 e. The summed E-state index contributed by atoms with van der Waals surface area (Å²) in [7, 11) is 0. The number of carbonyl (C=O) groups excluding carboxylic acids is 1. The predicted molar refractivity (Wildman–Crippen MR) is 123 cm³/mol. The van der Waals surface area contributed by atoms with Gasteiger partial charge < -0.3 is 15.3 Å². The monoisotopic (exact) mass is 465 g/mol. The Balaban J connectivity index is 1.49. The number of rotatable bonds is 5. The van der Waals surface area contributed by atoms with Crippen LogP contribution in [0.2, 0.25) is 5.02 Å². The van der Waals surface area contributed by atoms with Gasteiger partial charge in [0.25, 0.3) is 5.91 Å². The van der Waals surface area contributed by atoms with Gasteiger partial charge in [0, 0.05) is 43.8 Å². The largest absolute Gasteiger partial charge is 0.390 e. The second kappa shape index (κ2) is 8.75. The van der Waals surface area contributed by atoms with E-state index >= 15 is 0 Å². The minimum atomic E-state index is -2.58. The molecule has 2 N–H and O–H groups in total. The van der Waals surface area contributed by atoms with E-state index in [4.69, 9.17) is 16.6 Å². The van der Waals surface area contributed by atoms with E-state index in [2.05, 4.69) is 10.2 Å². The lowest BCUT2D eigenvalue weighted by molar-refractivity contribution is -0.0452. The van der Waals surface area contributed by atoms with Gasteiger partial charge in [-0.2, -0.15) is 0 Å². The maximum absolute atomic E-state index is 13.4. The van der Waals surface area contributed by atoms with Crippen molar-refractivity contribution in [2.24, 2.45) is 11.8 Å². The average Bonchev–Trinajstić information content (AvgIpc) is 3.23. The molecule has 0 spiro atoms. The topological polar surface area (TPSA) is 65.5 Å². The number of hydrogen-bond donors (Lipinski definition) is 2. The van der Waals surface area contributed by atoms with E-state index in [1.54, 1.807) is 12.1 Å². The molecule has 2 heterocycles. The van der Waals surface area contributed by atoms with Crippen molar-refractivity contribution in [3.05, 3.63) is 34.9 Å². The quantitative estimate of drug-likeness (QED) is 0.649. The first kappa shape index (κ1) is 23.2. The number of amides is 1. The zero-order valence-electron chi connectivity index (χ0n) is 18.5. The smallest absolute Gasteiger partial charge is 0.253 e. The number of pyridine rings is 1. The third-order valence-corrected chi connectivity index (χ3v) is 7.25. The van der Waals surface area contributed by atoms with Crippen LogP contribution in [0.4, 0.5) is 14.6 Å². The summed E-state index contributed by atoms with van der Waals surface area (Å²) in [5.41, 5.74) is 0.291. The third kappa shape index (κ3) is 4.99. The first-order valence-corrected chi connectivity index (χ1v) is 11.6. The summed E-state index contributed by atoms with van der Waals surface area (Å²) in [4.78, 5) is 19.8. The number of nitrogens with zero attached hydrogens (tertiary/aromatic N) is 2. The maximum Gasteiger partial charge on any atom is 0.253 e. The molecule has 1 saturated heterocycles. The average molecular weight is 466 g/mol. The highest BCUT2D eigenvalue weighted by atomic mass is 35.5. The van der Waals surface area contributed by atoms with Crippen molar-refractivity contribution in [2.75, 3.05) is 24.5 Å². The number of aromatic nitrogens is 1. The molecule has 1 amide bonds. The molecule has 1 aromatic carbocycles. The molecule has 0 bridgehead atoms.